The number of β-lactam (4-membered cyclic amide) rings is 1. The van der Waals surface area contributed by atoms with Crippen molar-refractivity contribution in [2.45, 2.75) is 38.5 Å². The molecule has 1 aromatic carbocycles. The number of nitro groups is 1. The van der Waals surface area contributed by atoms with Gasteiger partial charge in [-0.25, -0.2) is 9.59 Å². The van der Waals surface area contributed by atoms with Gasteiger partial charge in [0.15, 0.2) is 5.60 Å². The van der Waals surface area contributed by atoms with Crippen molar-refractivity contribution in [1.82, 2.24) is 4.90 Å². The first-order valence-corrected chi connectivity index (χ1v) is 10.1. The van der Waals surface area contributed by atoms with E-state index in [0.29, 0.717) is 11.1 Å². The van der Waals surface area contributed by atoms with Crippen LogP contribution in [0.4, 0.5) is 10.5 Å². The van der Waals surface area contributed by atoms with Gasteiger partial charge in [0, 0.05) is 24.6 Å². The third kappa shape index (κ3) is 3.99. The largest absolute Gasteiger partial charge is 0.509 e. The molecule has 0 radical (unpaired) electrons. The molecule has 0 aliphatic carbocycles. The summed E-state index contributed by atoms with van der Waals surface area (Å²) < 4.78 is 20.5. The molecule has 4 rings (SSSR count). The molecule has 174 valence electrons. The number of hydrogen-bond donors (Lipinski definition) is 0. The van der Waals surface area contributed by atoms with Gasteiger partial charge in [0.25, 0.3) is 5.69 Å². The van der Waals surface area contributed by atoms with Crippen molar-refractivity contribution >= 4 is 29.7 Å². The molecule has 3 heterocycles. The molecule has 3 aliphatic rings. The number of nitro benzene ring substituents is 1. The molecule has 3 atom stereocenters. The molecule has 3 aliphatic heterocycles. The quantitative estimate of drug-likeness (QED) is 0.193. The summed E-state index contributed by atoms with van der Waals surface area (Å²) in [6.07, 6.45) is -0.628. The minimum atomic E-state index is -1.17. The number of benzene rings is 1. The summed E-state index contributed by atoms with van der Waals surface area (Å²) in [4.78, 5) is 60.1. The number of non-ortho nitro benzene ring substituents is 1. The molecular weight excluding hydrogens is 440 g/mol. The summed E-state index contributed by atoms with van der Waals surface area (Å²) in [7, 11) is 0. The van der Waals surface area contributed by atoms with Gasteiger partial charge in [-0.1, -0.05) is 0 Å². The number of rotatable bonds is 7. The van der Waals surface area contributed by atoms with Crippen LogP contribution < -0.4 is 0 Å². The molecule has 0 aromatic heterocycles. The summed E-state index contributed by atoms with van der Waals surface area (Å²) in [6, 6.07) is 5.00. The molecule has 1 amide bonds. The van der Waals surface area contributed by atoms with Crippen molar-refractivity contribution in [2.75, 3.05) is 13.2 Å². The SMILES string of the molecule is CC(=O)OCC1=C(C(=O)OCc2ccc([N+](=O)[O-])cc2)N2C(=O)C([C@]3(C)COC(=O)O3)C2C1. The minimum Gasteiger partial charge on any atom is -0.461 e. The maximum absolute atomic E-state index is 13.0. The van der Waals surface area contributed by atoms with E-state index in [9.17, 15) is 29.3 Å². The molecule has 0 saturated carbocycles. The van der Waals surface area contributed by atoms with Crippen molar-refractivity contribution in [3.63, 3.8) is 0 Å². The summed E-state index contributed by atoms with van der Waals surface area (Å²) in [5.74, 6) is -2.50. The van der Waals surface area contributed by atoms with Crippen molar-refractivity contribution in [2.24, 2.45) is 5.92 Å². The number of cyclic esters (lactones) is 2. The van der Waals surface area contributed by atoms with Gasteiger partial charge in [0.2, 0.25) is 5.91 Å². The normalized spacial score (nSPS) is 25.7. The van der Waals surface area contributed by atoms with Crippen LogP contribution in [0.15, 0.2) is 35.5 Å². The number of fused-ring (bicyclic) bond motifs is 1. The zero-order valence-electron chi connectivity index (χ0n) is 17.8. The summed E-state index contributed by atoms with van der Waals surface area (Å²) in [6.45, 7) is 2.35. The molecule has 2 unspecified atom stereocenters. The van der Waals surface area contributed by atoms with Crippen LogP contribution in [-0.4, -0.2) is 58.7 Å². The number of nitrogens with zero attached hydrogens (tertiary/aromatic N) is 2. The highest BCUT2D eigenvalue weighted by atomic mass is 16.8. The van der Waals surface area contributed by atoms with Crippen LogP contribution in [0.25, 0.3) is 0 Å². The lowest BCUT2D eigenvalue weighted by molar-refractivity contribution is -0.384. The smallest absolute Gasteiger partial charge is 0.461 e. The fourth-order valence-electron chi connectivity index (χ4n) is 4.31. The zero-order valence-corrected chi connectivity index (χ0v) is 17.8. The van der Waals surface area contributed by atoms with Gasteiger partial charge in [-0.05, 0) is 31.0 Å². The number of amides is 1. The number of hydrogen-bond acceptors (Lipinski definition) is 10. The highest BCUT2D eigenvalue weighted by Gasteiger charge is 2.64. The predicted octanol–water partition coefficient (Wildman–Crippen LogP) is 1.61. The average molecular weight is 460 g/mol. The van der Waals surface area contributed by atoms with E-state index >= 15 is 0 Å². The third-order valence-corrected chi connectivity index (χ3v) is 5.86. The molecule has 2 saturated heterocycles. The molecule has 2 fully saturated rings. The van der Waals surface area contributed by atoms with Gasteiger partial charge < -0.3 is 23.8 Å². The van der Waals surface area contributed by atoms with Crippen LogP contribution in [0.1, 0.15) is 25.8 Å². The second-order valence-electron chi connectivity index (χ2n) is 8.14. The Balaban J connectivity index is 1.51. The maximum atomic E-state index is 13.0. The summed E-state index contributed by atoms with van der Waals surface area (Å²) in [5, 5.41) is 10.8. The fourth-order valence-corrected chi connectivity index (χ4v) is 4.31. The Bertz CT molecular complexity index is 1080. The van der Waals surface area contributed by atoms with Crippen LogP contribution in [0.3, 0.4) is 0 Å². The zero-order chi connectivity index (χ0) is 23.9. The average Bonchev–Trinajstić information content (AvgIpc) is 3.27. The van der Waals surface area contributed by atoms with Crippen LogP contribution in [-0.2, 0) is 39.9 Å². The van der Waals surface area contributed by atoms with Crippen LogP contribution in [0.2, 0.25) is 0 Å². The molecule has 12 nitrogen and oxygen atoms in total. The lowest BCUT2D eigenvalue weighted by Gasteiger charge is -2.48. The van der Waals surface area contributed by atoms with E-state index in [4.69, 9.17) is 18.9 Å². The number of ether oxygens (including phenoxy) is 4. The van der Waals surface area contributed by atoms with Gasteiger partial charge in [-0.15, -0.1) is 0 Å². The van der Waals surface area contributed by atoms with Gasteiger partial charge in [0.05, 0.1) is 11.0 Å². The van der Waals surface area contributed by atoms with Crippen molar-refractivity contribution < 1.29 is 43.0 Å². The Morgan fingerprint density at radius 3 is 2.48 bits per heavy atom. The first-order valence-electron chi connectivity index (χ1n) is 10.1. The number of esters is 2. The van der Waals surface area contributed by atoms with Crippen LogP contribution in [0.5, 0.6) is 0 Å². The molecular formula is C21H20N2O10. The molecule has 12 heteroatoms. The Hall–Kier alpha value is -3.96. The Morgan fingerprint density at radius 1 is 1.21 bits per heavy atom. The molecule has 0 bridgehead atoms. The topological polar surface area (TPSA) is 152 Å². The first-order chi connectivity index (χ1) is 15.6. The number of carbonyl (C=O) groups excluding carboxylic acids is 4. The van der Waals surface area contributed by atoms with E-state index in [2.05, 4.69) is 0 Å². The highest BCUT2D eigenvalue weighted by Crippen LogP contribution is 2.49. The van der Waals surface area contributed by atoms with E-state index in [1.54, 1.807) is 6.92 Å². The standard InChI is InChI=1S/C21H20N2O10/c1-11(24)30-9-13-7-15-16(21(2)10-32-20(27)33-21)18(25)22(15)17(13)19(26)31-8-12-3-5-14(6-4-12)23(28)29/h3-6,15-16H,7-10H2,1-2H3/t15?,16?,21-/m0/s1. The molecule has 0 spiro atoms. The second-order valence-corrected chi connectivity index (χ2v) is 8.14. The van der Waals surface area contributed by atoms with E-state index in [1.807, 2.05) is 0 Å². The van der Waals surface area contributed by atoms with Crippen molar-refractivity contribution in [3.8, 4) is 0 Å². The van der Waals surface area contributed by atoms with Crippen molar-refractivity contribution in [3.05, 3.63) is 51.2 Å². The maximum Gasteiger partial charge on any atom is 0.509 e. The number of carbonyl (C=O) groups is 4. The van der Waals surface area contributed by atoms with Crippen LogP contribution >= 0.6 is 0 Å². The van der Waals surface area contributed by atoms with Gasteiger partial charge in [-0.2, -0.15) is 0 Å². The summed E-state index contributed by atoms with van der Waals surface area (Å²) >= 11 is 0. The fraction of sp³-hybridized carbons (Fsp3) is 0.429. The minimum absolute atomic E-state index is 0.0155. The Morgan fingerprint density at radius 2 is 1.91 bits per heavy atom. The predicted molar refractivity (Wildman–Crippen MR) is 106 cm³/mol. The molecule has 0 N–H and O–H groups in total. The lowest BCUT2D eigenvalue weighted by atomic mass is 9.75. The second kappa shape index (κ2) is 8.19. The summed E-state index contributed by atoms with van der Waals surface area (Å²) in [5.41, 5.74) is -0.356. The van der Waals surface area contributed by atoms with Gasteiger partial charge in [0.1, 0.15) is 31.4 Å². The molecule has 33 heavy (non-hydrogen) atoms. The Labute approximate surface area is 187 Å². The Kier molecular flexibility index (Phi) is 5.52. The monoisotopic (exact) mass is 460 g/mol. The third-order valence-electron chi connectivity index (χ3n) is 5.86. The highest BCUT2D eigenvalue weighted by molar-refractivity contribution is 6.01. The first kappa shape index (κ1) is 22.2. The van der Waals surface area contributed by atoms with E-state index in [-0.39, 0.29) is 37.6 Å². The van der Waals surface area contributed by atoms with E-state index < -0.39 is 46.5 Å². The van der Waals surface area contributed by atoms with Crippen molar-refractivity contribution in [1.29, 1.82) is 0 Å². The van der Waals surface area contributed by atoms with E-state index in [0.717, 1.165) is 0 Å². The lowest BCUT2D eigenvalue weighted by Crippen LogP contribution is -2.66. The van der Waals surface area contributed by atoms with Crippen LogP contribution in [0, 0.1) is 16.0 Å². The van der Waals surface area contributed by atoms with Gasteiger partial charge in [-0.3, -0.25) is 19.7 Å². The molecule has 1 aromatic rings. The van der Waals surface area contributed by atoms with E-state index in [1.165, 1.54) is 36.1 Å². The van der Waals surface area contributed by atoms with Gasteiger partial charge >= 0.3 is 18.1 Å².